The highest BCUT2D eigenvalue weighted by Crippen LogP contribution is 2.42. The van der Waals surface area contributed by atoms with E-state index in [4.69, 9.17) is 14.7 Å². The van der Waals surface area contributed by atoms with Crippen LogP contribution in [0.2, 0.25) is 0 Å². The van der Waals surface area contributed by atoms with E-state index < -0.39 is 0 Å². The molecule has 188 valence electrons. The summed E-state index contributed by atoms with van der Waals surface area (Å²) in [6.45, 7) is 3.37. The zero-order valence-electron chi connectivity index (χ0n) is 21.0. The molecule has 7 heteroatoms. The summed E-state index contributed by atoms with van der Waals surface area (Å²) < 4.78 is 6.29. The van der Waals surface area contributed by atoms with Gasteiger partial charge in [0.05, 0.1) is 17.9 Å². The molecule has 1 aromatic heterocycles. The summed E-state index contributed by atoms with van der Waals surface area (Å²) in [4.78, 5) is 14.8. The molecule has 3 aromatic rings. The molecule has 4 aliphatic heterocycles. The molecule has 5 aliphatic rings. The molecule has 2 bridgehead atoms. The van der Waals surface area contributed by atoms with Crippen molar-refractivity contribution < 1.29 is 9.84 Å². The fourth-order valence-electron chi connectivity index (χ4n) is 6.93. The first kappa shape index (κ1) is 22.3. The number of rotatable bonds is 5. The van der Waals surface area contributed by atoms with Crippen molar-refractivity contribution in [2.45, 2.75) is 69.1 Å². The van der Waals surface area contributed by atoms with E-state index in [1.54, 1.807) is 0 Å². The van der Waals surface area contributed by atoms with Gasteiger partial charge in [0.15, 0.2) is 0 Å². The molecule has 1 saturated carbocycles. The van der Waals surface area contributed by atoms with Crippen LogP contribution < -0.4 is 15.0 Å². The van der Waals surface area contributed by atoms with Gasteiger partial charge in [-0.25, -0.2) is 0 Å². The minimum Gasteiger partial charge on any atom is -0.508 e. The lowest BCUT2D eigenvalue weighted by Crippen LogP contribution is -2.57. The summed E-state index contributed by atoms with van der Waals surface area (Å²) in [7, 11) is 2.18. The van der Waals surface area contributed by atoms with Crippen LogP contribution in [-0.4, -0.2) is 64.8 Å². The van der Waals surface area contributed by atoms with E-state index in [-0.39, 0.29) is 0 Å². The van der Waals surface area contributed by atoms with Gasteiger partial charge in [-0.3, -0.25) is 0 Å². The number of aromatic hydroxyl groups is 1. The van der Waals surface area contributed by atoms with E-state index >= 15 is 0 Å². The Labute approximate surface area is 212 Å². The average molecular weight is 486 g/mol. The Bertz CT molecular complexity index is 1280. The number of likely N-dealkylation sites (N-methyl/N-ethyl adjacent to an activating group) is 1. The van der Waals surface area contributed by atoms with Gasteiger partial charge in [0.25, 0.3) is 0 Å². The highest BCUT2D eigenvalue weighted by molar-refractivity contribution is 5.95. The maximum Gasteiger partial charge on any atom is 0.316 e. The topological polar surface area (TPSA) is 73.8 Å². The minimum absolute atomic E-state index is 0.302. The number of hydrogen-bond donors (Lipinski definition) is 2. The van der Waals surface area contributed by atoms with Crippen molar-refractivity contribution in [1.29, 1.82) is 0 Å². The van der Waals surface area contributed by atoms with Crippen LogP contribution in [0.4, 0.5) is 5.69 Å². The number of anilines is 1. The first-order chi connectivity index (χ1) is 17.6. The fourth-order valence-corrected chi connectivity index (χ4v) is 6.93. The number of aromatic nitrogens is 2. The van der Waals surface area contributed by atoms with Crippen LogP contribution in [0.5, 0.6) is 11.8 Å². The Morgan fingerprint density at radius 2 is 1.92 bits per heavy atom. The van der Waals surface area contributed by atoms with Gasteiger partial charge in [0, 0.05) is 47.7 Å². The third-order valence-electron chi connectivity index (χ3n) is 8.88. The molecule has 0 amide bonds. The van der Waals surface area contributed by atoms with Crippen molar-refractivity contribution >= 4 is 16.5 Å². The number of ether oxygens (including phenoxy) is 1. The van der Waals surface area contributed by atoms with Gasteiger partial charge in [0.2, 0.25) is 0 Å². The van der Waals surface area contributed by atoms with Crippen LogP contribution in [0, 0.1) is 0 Å². The van der Waals surface area contributed by atoms with Gasteiger partial charge in [-0.05, 0) is 69.1 Å². The van der Waals surface area contributed by atoms with Gasteiger partial charge in [-0.2, -0.15) is 9.97 Å². The molecule has 2 aromatic carbocycles. The van der Waals surface area contributed by atoms with Crippen molar-refractivity contribution in [1.82, 2.24) is 20.2 Å². The Morgan fingerprint density at radius 1 is 1.08 bits per heavy atom. The van der Waals surface area contributed by atoms with Crippen LogP contribution in [0.15, 0.2) is 36.4 Å². The lowest BCUT2D eigenvalue weighted by atomic mass is 9.73. The normalized spacial score (nSPS) is 27.6. The molecular formula is C29H35N5O2. The van der Waals surface area contributed by atoms with Crippen molar-refractivity contribution in [2.75, 3.05) is 31.6 Å². The fraction of sp³-hybridized carbons (Fsp3) is 0.517. The second-order valence-corrected chi connectivity index (χ2v) is 11.2. The average Bonchev–Trinajstić information content (AvgIpc) is 3.30. The van der Waals surface area contributed by atoms with E-state index in [1.165, 1.54) is 30.5 Å². The third-order valence-corrected chi connectivity index (χ3v) is 8.88. The van der Waals surface area contributed by atoms with Gasteiger partial charge >= 0.3 is 6.01 Å². The third kappa shape index (κ3) is 3.98. The number of phenols is 1. The number of benzene rings is 2. The summed E-state index contributed by atoms with van der Waals surface area (Å²) in [5.74, 6) is 0.785. The molecule has 3 saturated heterocycles. The predicted molar refractivity (Wildman–Crippen MR) is 141 cm³/mol. The molecule has 3 atom stereocenters. The van der Waals surface area contributed by atoms with Crippen LogP contribution in [-0.2, 0) is 13.0 Å². The van der Waals surface area contributed by atoms with Crippen LogP contribution >= 0.6 is 0 Å². The zero-order valence-corrected chi connectivity index (χ0v) is 21.0. The SMILES string of the molecule is CN1CCC[C@H]1COc1nc2c(c(C3CC4CC(C3)N4)n1)CCN(c1cc(O)cc3ccccc13)C2. The number of nitrogens with one attached hydrogen (secondary N) is 1. The highest BCUT2D eigenvalue weighted by atomic mass is 16.5. The summed E-state index contributed by atoms with van der Waals surface area (Å²) in [5.41, 5.74) is 4.70. The molecule has 36 heavy (non-hydrogen) atoms. The smallest absolute Gasteiger partial charge is 0.316 e. The van der Waals surface area contributed by atoms with Crippen LogP contribution in [0.25, 0.3) is 10.8 Å². The second-order valence-electron chi connectivity index (χ2n) is 11.2. The monoisotopic (exact) mass is 485 g/mol. The van der Waals surface area contributed by atoms with Crippen LogP contribution in [0.1, 0.15) is 55.0 Å². The molecule has 5 heterocycles. The molecule has 8 rings (SSSR count). The predicted octanol–water partition coefficient (Wildman–Crippen LogP) is 3.98. The summed E-state index contributed by atoms with van der Waals surface area (Å²) in [5, 5.41) is 16.3. The Morgan fingerprint density at radius 3 is 2.72 bits per heavy atom. The van der Waals surface area contributed by atoms with E-state index in [0.717, 1.165) is 54.5 Å². The molecule has 0 spiro atoms. The number of nitrogens with zero attached hydrogens (tertiary/aromatic N) is 4. The molecular weight excluding hydrogens is 450 g/mol. The van der Waals surface area contributed by atoms with Gasteiger partial charge in [-0.15, -0.1) is 0 Å². The van der Waals surface area contributed by atoms with Gasteiger partial charge in [-0.1, -0.05) is 24.3 Å². The van der Waals surface area contributed by atoms with E-state index in [9.17, 15) is 5.11 Å². The van der Waals surface area contributed by atoms with Crippen molar-refractivity contribution in [2.24, 2.45) is 0 Å². The Balaban J connectivity index is 1.22. The lowest BCUT2D eigenvalue weighted by Gasteiger charge is -2.47. The standard InChI is InChI=1S/C29H35N5O2/c1-33-9-4-6-22(33)17-36-29-31-26-16-34(27-15-23(35)13-18-5-2-3-7-24(18)27)10-8-25(26)28(32-29)19-11-20-14-21(12-19)30-20/h2-3,5,7,13,15,19-22,30,35H,4,6,8-12,14,16-17H2,1H3/t19?,20?,21?,22-/m0/s1. The highest BCUT2D eigenvalue weighted by Gasteiger charge is 2.40. The molecule has 7 nitrogen and oxygen atoms in total. The number of fused-ring (bicyclic) bond motifs is 4. The quantitative estimate of drug-likeness (QED) is 0.566. The summed E-state index contributed by atoms with van der Waals surface area (Å²) in [6.07, 6.45) is 6.94. The van der Waals surface area contributed by atoms with Crippen molar-refractivity contribution in [3.63, 3.8) is 0 Å². The number of phenolic OH excluding ortho intramolecular Hbond substituents is 1. The zero-order chi connectivity index (χ0) is 24.2. The summed E-state index contributed by atoms with van der Waals surface area (Å²) >= 11 is 0. The lowest BCUT2D eigenvalue weighted by molar-refractivity contribution is 0.157. The van der Waals surface area contributed by atoms with Crippen molar-refractivity contribution in [3.05, 3.63) is 53.3 Å². The van der Waals surface area contributed by atoms with E-state index in [0.29, 0.717) is 49.0 Å². The number of piperidine rings is 1. The van der Waals surface area contributed by atoms with Crippen molar-refractivity contribution in [3.8, 4) is 11.8 Å². The molecule has 4 fully saturated rings. The first-order valence-electron chi connectivity index (χ1n) is 13.6. The molecule has 0 radical (unpaired) electrons. The number of hydrogen-bond acceptors (Lipinski definition) is 7. The Hall–Kier alpha value is -2.90. The maximum atomic E-state index is 10.4. The number of likely N-dealkylation sites (tertiary alicyclic amines) is 1. The second kappa shape index (κ2) is 8.89. The molecule has 2 N–H and O–H groups in total. The minimum atomic E-state index is 0.302. The van der Waals surface area contributed by atoms with E-state index in [1.807, 2.05) is 18.2 Å². The Kier molecular flexibility index (Phi) is 5.51. The van der Waals surface area contributed by atoms with Crippen LogP contribution in [0.3, 0.4) is 0 Å². The largest absolute Gasteiger partial charge is 0.508 e. The van der Waals surface area contributed by atoms with Gasteiger partial charge < -0.3 is 25.0 Å². The molecule has 1 aliphatic carbocycles. The first-order valence-corrected chi connectivity index (χ1v) is 13.6. The molecule has 2 unspecified atom stereocenters. The maximum absolute atomic E-state index is 10.4. The van der Waals surface area contributed by atoms with E-state index in [2.05, 4.69) is 40.4 Å². The van der Waals surface area contributed by atoms with Gasteiger partial charge in [0.1, 0.15) is 12.4 Å². The summed E-state index contributed by atoms with van der Waals surface area (Å²) in [6, 6.07) is 14.3.